The number of rotatable bonds is 5. The highest BCUT2D eigenvalue weighted by Crippen LogP contribution is 2.54. The van der Waals surface area contributed by atoms with E-state index in [0.717, 1.165) is 61.2 Å². The van der Waals surface area contributed by atoms with E-state index < -0.39 is 5.97 Å². The first-order chi connectivity index (χ1) is 15.4. The minimum atomic E-state index is -0.908. The number of H-pyrrole nitrogens is 1. The summed E-state index contributed by atoms with van der Waals surface area (Å²) in [6.07, 6.45) is 5.55. The molecule has 1 saturated carbocycles. The van der Waals surface area contributed by atoms with E-state index in [-0.39, 0.29) is 17.6 Å². The second-order valence-electron chi connectivity index (χ2n) is 9.57. The Labute approximate surface area is 187 Å². The van der Waals surface area contributed by atoms with Crippen molar-refractivity contribution < 1.29 is 19.7 Å². The molecule has 2 aromatic carbocycles. The van der Waals surface area contributed by atoms with Crippen molar-refractivity contribution in [3.63, 3.8) is 0 Å². The van der Waals surface area contributed by atoms with E-state index in [1.54, 1.807) is 19.2 Å². The summed E-state index contributed by atoms with van der Waals surface area (Å²) in [5.74, 6) is -0.0104. The molecule has 6 heteroatoms. The summed E-state index contributed by atoms with van der Waals surface area (Å²) in [7, 11) is 1.72. The SMILES string of the molecule is COc1cc(C)c2[nH]ccc2c1CN1CCC2(CC(O)C2)C[C@H]1c1ccc(C(=O)O)cc1. The van der Waals surface area contributed by atoms with Gasteiger partial charge in [-0.25, -0.2) is 4.79 Å². The van der Waals surface area contributed by atoms with Crippen molar-refractivity contribution in [2.45, 2.75) is 51.3 Å². The molecule has 2 fully saturated rings. The highest BCUT2D eigenvalue weighted by molar-refractivity contribution is 5.88. The van der Waals surface area contributed by atoms with Gasteiger partial charge >= 0.3 is 5.97 Å². The van der Waals surface area contributed by atoms with Crippen LogP contribution in [0.5, 0.6) is 5.75 Å². The number of aliphatic hydroxyl groups excluding tert-OH is 1. The fraction of sp³-hybridized carbons (Fsp3) is 0.423. The second kappa shape index (κ2) is 7.94. The average Bonchev–Trinajstić information content (AvgIpc) is 3.26. The third kappa shape index (κ3) is 3.57. The Morgan fingerprint density at radius 1 is 1.22 bits per heavy atom. The molecule has 0 radical (unpaired) electrons. The lowest BCUT2D eigenvalue weighted by molar-refractivity contribution is -0.0874. The number of aryl methyl sites for hydroxylation is 1. The molecular formula is C26H30N2O4. The largest absolute Gasteiger partial charge is 0.496 e. The molecule has 0 unspecified atom stereocenters. The van der Waals surface area contributed by atoms with E-state index in [4.69, 9.17) is 4.74 Å². The molecule has 1 saturated heterocycles. The number of nitrogens with zero attached hydrogens (tertiary/aromatic N) is 1. The van der Waals surface area contributed by atoms with Gasteiger partial charge in [0.05, 0.1) is 18.8 Å². The number of nitrogens with one attached hydrogen (secondary N) is 1. The van der Waals surface area contributed by atoms with E-state index in [0.29, 0.717) is 5.56 Å². The normalized spacial score (nSPS) is 25.7. The smallest absolute Gasteiger partial charge is 0.335 e. The van der Waals surface area contributed by atoms with Crippen LogP contribution in [-0.2, 0) is 6.54 Å². The monoisotopic (exact) mass is 434 g/mol. The van der Waals surface area contributed by atoms with E-state index in [1.807, 2.05) is 18.3 Å². The van der Waals surface area contributed by atoms with Crippen LogP contribution >= 0.6 is 0 Å². The zero-order valence-electron chi connectivity index (χ0n) is 18.6. The minimum absolute atomic E-state index is 0.166. The second-order valence-corrected chi connectivity index (χ2v) is 9.57. The molecule has 0 bridgehead atoms. The fourth-order valence-corrected chi connectivity index (χ4v) is 5.84. The quantitative estimate of drug-likeness (QED) is 0.544. The Bertz CT molecular complexity index is 1140. The molecule has 168 valence electrons. The van der Waals surface area contributed by atoms with Crippen molar-refractivity contribution >= 4 is 16.9 Å². The minimum Gasteiger partial charge on any atom is -0.496 e. The molecule has 1 spiro atoms. The van der Waals surface area contributed by atoms with Crippen molar-refractivity contribution in [2.75, 3.05) is 13.7 Å². The van der Waals surface area contributed by atoms with Gasteiger partial charge in [-0.15, -0.1) is 0 Å². The summed E-state index contributed by atoms with van der Waals surface area (Å²) >= 11 is 0. The van der Waals surface area contributed by atoms with Gasteiger partial charge in [-0.2, -0.15) is 0 Å². The number of benzene rings is 2. The number of fused-ring (bicyclic) bond motifs is 1. The van der Waals surface area contributed by atoms with Gasteiger partial charge in [0.15, 0.2) is 0 Å². The first-order valence-electron chi connectivity index (χ1n) is 11.3. The molecule has 3 aromatic rings. The molecule has 1 aromatic heterocycles. The number of aliphatic hydroxyl groups is 1. The van der Waals surface area contributed by atoms with Crippen LogP contribution in [0.4, 0.5) is 0 Å². The maximum absolute atomic E-state index is 11.3. The Kier molecular flexibility index (Phi) is 5.22. The first-order valence-corrected chi connectivity index (χ1v) is 11.3. The van der Waals surface area contributed by atoms with Crippen molar-refractivity contribution in [3.8, 4) is 5.75 Å². The molecule has 2 aliphatic rings. The number of hydrogen-bond acceptors (Lipinski definition) is 4. The Hall–Kier alpha value is -2.83. The topological polar surface area (TPSA) is 85.8 Å². The van der Waals surface area contributed by atoms with Crippen LogP contribution in [0, 0.1) is 12.3 Å². The lowest BCUT2D eigenvalue weighted by Crippen LogP contribution is -2.50. The van der Waals surface area contributed by atoms with Crippen LogP contribution in [0.2, 0.25) is 0 Å². The molecule has 3 N–H and O–H groups in total. The Balaban J connectivity index is 1.50. The highest BCUT2D eigenvalue weighted by Gasteiger charge is 2.48. The molecular weight excluding hydrogens is 404 g/mol. The predicted molar refractivity (Wildman–Crippen MR) is 123 cm³/mol. The van der Waals surface area contributed by atoms with Crippen LogP contribution in [0.1, 0.15) is 58.8 Å². The number of aromatic carboxylic acids is 1. The predicted octanol–water partition coefficient (Wildman–Crippen LogP) is 4.66. The number of hydrogen-bond donors (Lipinski definition) is 3. The van der Waals surface area contributed by atoms with Gasteiger partial charge in [-0.05, 0) is 80.0 Å². The maximum atomic E-state index is 11.3. The van der Waals surface area contributed by atoms with Crippen LogP contribution < -0.4 is 4.74 Å². The summed E-state index contributed by atoms with van der Waals surface area (Å²) in [5, 5.41) is 20.5. The van der Waals surface area contributed by atoms with Gasteiger partial charge in [-0.3, -0.25) is 4.90 Å². The number of piperidine rings is 1. The standard InChI is InChI=1S/C26H30N2O4/c1-16-11-23(32-2)21(20-7-9-27-24(16)20)15-28-10-8-26(12-19(29)13-26)14-22(28)17-3-5-18(6-4-17)25(30)31/h3-7,9,11,19,22,27,29H,8,10,12-15H2,1-2H3,(H,30,31)/t19?,22-,26?/m0/s1. The molecule has 0 amide bonds. The van der Waals surface area contributed by atoms with E-state index in [2.05, 4.69) is 28.9 Å². The van der Waals surface area contributed by atoms with Gasteiger partial charge in [0.25, 0.3) is 0 Å². The van der Waals surface area contributed by atoms with Gasteiger partial charge in [-0.1, -0.05) is 12.1 Å². The molecule has 32 heavy (non-hydrogen) atoms. The molecule has 2 heterocycles. The number of ether oxygens (including phenoxy) is 1. The van der Waals surface area contributed by atoms with Crippen molar-refractivity contribution in [1.82, 2.24) is 9.88 Å². The van der Waals surface area contributed by atoms with Crippen LogP contribution in [0.3, 0.4) is 0 Å². The summed E-state index contributed by atoms with van der Waals surface area (Å²) in [4.78, 5) is 17.2. The van der Waals surface area contributed by atoms with Crippen LogP contribution in [0.25, 0.3) is 10.9 Å². The Morgan fingerprint density at radius 3 is 2.62 bits per heavy atom. The number of carboxylic acid groups (broad SMARTS) is 1. The average molecular weight is 435 g/mol. The third-order valence-electron chi connectivity index (χ3n) is 7.57. The molecule has 1 aliphatic heterocycles. The van der Waals surface area contributed by atoms with Crippen molar-refractivity contribution in [1.29, 1.82) is 0 Å². The summed E-state index contributed by atoms with van der Waals surface area (Å²) in [6.45, 7) is 3.77. The van der Waals surface area contributed by atoms with Gasteiger partial charge in [0, 0.05) is 35.2 Å². The lowest BCUT2D eigenvalue weighted by Gasteiger charge is -2.54. The van der Waals surface area contributed by atoms with Crippen LogP contribution in [-0.4, -0.2) is 45.8 Å². The number of aromatic amines is 1. The van der Waals surface area contributed by atoms with E-state index in [1.165, 1.54) is 10.9 Å². The molecule has 1 aliphatic carbocycles. The number of methoxy groups -OCH3 is 1. The third-order valence-corrected chi connectivity index (χ3v) is 7.57. The fourth-order valence-electron chi connectivity index (χ4n) is 5.84. The molecule has 5 rings (SSSR count). The highest BCUT2D eigenvalue weighted by atomic mass is 16.5. The van der Waals surface area contributed by atoms with Crippen molar-refractivity contribution in [3.05, 3.63) is 64.8 Å². The number of aromatic nitrogens is 1. The first kappa shape index (κ1) is 21.0. The summed E-state index contributed by atoms with van der Waals surface area (Å²) < 4.78 is 5.78. The number of carbonyl (C=O) groups is 1. The van der Waals surface area contributed by atoms with Gasteiger partial charge < -0.3 is 19.9 Å². The molecule has 1 atom stereocenters. The summed E-state index contributed by atoms with van der Waals surface area (Å²) in [5.41, 5.74) is 5.09. The zero-order chi connectivity index (χ0) is 22.5. The van der Waals surface area contributed by atoms with E-state index >= 15 is 0 Å². The maximum Gasteiger partial charge on any atom is 0.335 e. The van der Waals surface area contributed by atoms with Crippen molar-refractivity contribution in [2.24, 2.45) is 5.41 Å². The van der Waals surface area contributed by atoms with E-state index in [9.17, 15) is 15.0 Å². The zero-order valence-corrected chi connectivity index (χ0v) is 18.6. The van der Waals surface area contributed by atoms with Gasteiger partial charge in [0.2, 0.25) is 0 Å². The molecule has 6 nitrogen and oxygen atoms in total. The lowest BCUT2D eigenvalue weighted by atomic mass is 9.59. The number of carboxylic acids is 1. The summed E-state index contributed by atoms with van der Waals surface area (Å²) in [6, 6.07) is 11.7. The number of likely N-dealkylation sites (tertiary alicyclic amines) is 1. The van der Waals surface area contributed by atoms with Gasteiger partial charge in [0.1, 0.15) is 5.75 Å². The Morgan fingerprint density at radius 2 is 1.97 bits per heavy atom. The van der Waals surface area contributed by atoms with Crippen LogP contribution in [0.15, 0.2) is 42.6 Å².